The fraction of sp³-hybridized carbons (Fsp3) is 0.321. The number of amides is 1. The van der Waals surface area contributed by atoms with Crippen molar-refractivity contribution >= 4 is 34.2 Å². The van der Waals surface area contributed by atoms with Crippen molar-refractivity contribution in [2.45, 2.75) is 57.0 Å². The average Bonchev–Trinajstić information content (AvgIpc) is 3.76. The second-order valence-electron chi connectivity index (χ2n) is 10.1. The van der Waals surface area contributed by atoms with Crippen LogP contribution in [0.5, 0.6) is 0 Å². The summed E-state index contributed by atoms with van der Waals surface area (Å²) in [7, 11) is 0. The lowest BCUT2D eigenvalue weighted by Gasteiger charge is -2.32. The number of nitrogens with zero attached hydrogens (tertiary/aromatic N) is 7. The molecule has 2 atom stereocenters. The number of fused-ring (bicyclic) bond motifs is 1. The molecule has 14 heteroatoms. The van der Waals surface area contributed by atoms with E-state index >= 15 is 0 Å². The van der Waals surface area contributed by atoms with Crippen LogP contribution in [0.1, 0.15) is 64.8 Å². The molecule has 1 aliphatic rings. The van der Waals surface area contributed by atoms with Crippen LogP contribution in [0.4, 0.5) is 8.78 Å². The van der Waals surface area contributed by atoms with Crippen molar-refractivity contribution in [3.63, 3.8) is 0 Å². The number of hydrogen-bond acceptors (Lipinski definition) is 8. The van der Waals surface area contributed by atoms with Crippen LogP contribution in [0.25, 0.3) is 28.2 Å². The van der Waals surface area contributed by atoms with Crippen molar-refractivity contribution in [3.05, 3.63) is 70.6 Å². The maximum Gasteiger partial charge on any atom is 0.303 e. The molecular weight excluding hydrogens is 566 g/mol. The van der Waals surface area contributed by atoms with Gasteiger partial charge in [-0.2, -0.15) is 10.2 Å². The van der Waals surface area contributed by atoms with Crippen molar-refractivity contribution in [3.8, 4) is 17.2 Å². The van der Waals surface area contributed by atoms with E-state index in [2.05, 4.69) is 30.0 Å². The molecule has 0 bridgehead atoms. The monoisotopic (exact) mass is 592 g/mol. The number of aliphatic carboxylic acids is 1. The highest BCUT2D eigenvalue weighted by Gasteiger charge is 2.30. The van der Waals surface area contributed by atoms with Crippen LogP contribution in [-0.2, 0) is 11.2 Å². The largest absolute Gasteiger partial charge is 0.481 e. The molecule has 11 nitrogen and oxygen atoms in total. The zero-order valence-electron chi connectivity index (χ0n) is 22.2. The molecule has 4 heterocycles. The van der Waals surface area contributed by atoms with E-state index in [-0.39, 0.29) is 28.4 Å². The molecule has 0 spiro atoms. The van der Waals surface area contributed by atoms with Gasteiger partial charge < -0.3 is 15.0 Å². The Bertz CT molecular complexity index is 1740. The number of aromatic nitrogens is 7. The number of aryl methyl sites for hydroxylation is 1. The highest BCUT2D eigenvalue weighted by Crippen LogP contribution is 2.38. The van der Waals surface area contributed by atoms with E-state index in [1.54, 1.807) is 18.6 Å². The van der Waals surface area contributed by atoms with E-state index in [1.165, 1.54) is 4.80 Å². The number of benzene rings is 1. The van der Waals surface area contributed by atoms with E-state index in [9.17, 15) is 23.5 Å². The highest BCUT2D eigenvalue weighted by molar-refractivity contribution is 7.13. The number of alkyl halides is 2. The lowest BCUT2D eigenvalue weighted by atomic mass is 9.90. The number of nitrogens with one attached hydrogen (secondary N) is 1. The van der Waals surface area contributed by atoms with Gasteiger partial charge in [0.15, 0.2) is 10.8 Å². The Balaban J connectivity index is 1.38. The lowest BCUT2D eigenvalue weighted by molar-refractivity contribution is -0.136. The van der Waals surface area contributed by atoms with E-state index in [4.69, 9.17) is 4.98 Å². The second kappa shape index (κ2) is 11.7. The molecule has 216 valence electrons. The molecule has 1 aliphatic carbocycles. The van der Waals surface area contributed by atoms with Crippen molar-refractivity contribution < 1.29 is 23.5 Å². The number of carbonyl (C=O) groups is 2. The van der Waals surface area contributed by atoms with Gasteiger partial charge in [0.2, 0.25) is 0 Å². The minimum atomic E-state index is -2.68. The van der Waals surface area contributed by atoms with Gasteiger partial charge in [-0.25, -0.2) is 23.7 Å². The molecule has 42 heavy (non-hydrogen) atoms. The summed E-state index contributed by atoms with van der Waals surface area (Å²) in [5.74, 6) is -0.162. The molecule has 1 fully saturated rings. The Morgan fingerprint density at radius 2 is 1.93 bits per heavy atom. The first-order valence-electron chi connectivity index (χ1n) is 13.5. The average molecular weight is 593 g/mol. The van der Waals surface area contributed by atoms with Gasteiger partial charge >= 0.3 is 5.97 Å². The lowest BCUT2D eigenvalue weighted by Crippen LogP contribution is -2.39. The smallest absolute Gasteiger partial charge is 0.303 e. The number of carbonyl (C=O) groups excluding carboxylic acids is 1. The molecule has 5 aromatic rings. The minimum Gasteiger partial charge on any atom is -0.481 e. The van der Waals surface area contributed by atoms with Crippen LogP contribution in [0.15, 0.2) is 55.1 Å². The SMILES string of the molecule is O=C(O)CCc1ccccc1-c1nc2cnc(-n3nccn3)cc2n1[C@@H]1CCC[C@H](NC(=O)c2ncc(C(F)F)s2)C1. The first-order valence-corrected chi connectivity index (χ1v) is 14.3. The van der Waals surface area contributed by atoms with Crippen LogP contribution in [0.3, 0.4) is 0 Å². The van der Waals surface area contributed by atoms with Gasteiger partial charge in [0.1, 0.15) is 11.3 Å². The van der Waals surface area contributed by atoms with Crippen LogP contribution in [0, 0.1) is 0 Å². The summed E-state index contributed by atoms with van der Waals surface area (Å²) in [6.07, 6.45) is 6.42. The van der Waals surface area contributed by atoms with E-state index in [0.717, 1.165) is 42.1 Å². The van der Waals surface area contributed by atoms with Gasteiger partial charge in [0.05, 0.1) is 29.0 Å². The van der Waals surface area contributed by atoms with Crippen LogP contribution >= 0.6 is 11.3 Å². The van der Waals surface area contributed by atoms with Crippen LogP contribution in [-0.4, -0.2) is 57.5 Å². The molecule has 4 aromatic heterocycles. The van der Waals surface area contributed by atoms with Gasteiger partial charge in [0.25, 0.3) is 12.3 Å². The molecule has 0 unspecified atom stereocenters. The maximum absolute atomic E-state index is 13.0. The number of hydrogen-bond donors (Lipinski definition) is 2. The van der Waals surface area contributed by atoms with E-state index in [1.807, 2.05) is 30.3 Å². The second-order valence-corrected chi connectivity index (χ2v) is 11.1. The Morgan fingerprint density at radius 1 is 1.12 bits per heavy atom. The van der Waals surface area contributed by atoms with Gasteiger partial charge in [-0.15, -0.1) is 16.1 Å². The Morgan fingerprint density at radius 3 is 2.69 bits per heavy atom. The molecule has 0 radical (unpaired) electrons. The van der Waals surface area contributed by atoms with Gasteiger partial charge in [-0.3, -0.25) is 9.59 Å². The van der Waals surface area contributed by atoms with Crippen LogP contribution < -0.4 is 5.32 Å². The van der Waals surface area contributed by atoms with Gasteiger partial charge in [-0.05, 0) is 37.7 Å². The Labute approximate surface area is 242 Å². The number of imidazole rings is 1. The topological polar surface area (TPSA) is 141 Å². The number of halogens is 2. The first kappa shape index (κ1) is 27.6. The molecule has 2 N–H and O–H groups in total. The number of thiazole rings is 1. The summed E-state index contributed by atoms with van der Waals surface area (Å²) >= 11 is 0.695. The Hall–Kier alpha value is -4.59. The maximum atomic E-state index is 13.0. The van der Waals surface area contributed by atoms with Crippen molar-refractivity contribution in [2.75, 3.05) is 0 Å². The first-order chi connectivity index (χ1) is 20.4. The third-order valence-electron chi connectivity index (χ3n) is 7.33. The van der Waals surface area contributed by atoms with Gasteiger partial charge in [-0.1, -0.05) is 24.3 Å². The van der Waals surface area contributed by atoms with Crippen molar-refractivity contribution in [2.24, 2.45) is 0 Å². The molecular formula is C28H26F2N8O3S. The van der Waals surface area contributed by atoms with Crippen LogP contribution in [0.2, 0.25) is 0 Å². The molecule has 1 aromatic carbocycles. The predicted molar refractivity (Wildman–Crippen MR) is 150 cm³/mol. The molecule has 0 aliphatic heterocycles. The van der Waals surface area contributed by atoms with Crippen molar-refractivity contribution in [1.82, 2.24) is 39.8 Å². The normalized spacial score (nSPS) is 17.1. The summed E-state index contributed by atoms with van der Waals surface area (Å²) < 4.78 is 28.2. The third kappa shape index (κ3) is 5.62. The third-order valence-corrected chi connectivity index (χ3v) is 8.33. The van der Waals surface area contributed by atoms with Crippen molar-refractivity contribution in [1.29, 1.82) is 0 Å². The quantitative estimate of drug-likeness (QED) is 0.244. The standard InChI is InChI=1S/C28H26F2N8O3S/c29-25(30)22-15-32-28(42-22)27(41)35-17-5-3-6-18(12-17)37-21-13-23(38-33-10-11-34-38)31-14-20(21)36-26(37)19-7-2-1-4-16(19)8-9-24(39)40/h1-2,4,7,10-11,13-15,17-18,25H,3,5-6,8-9,12H2,(H,35,41)(H,39,40)/t17-,18+/m0/s1. The molecule has 6 rings (SSSR count). The summed E-state index contributed by atoms with van der Waals surface area (Å²) in [6.45, 7) is 0. The van der Waals surface area contributed by atoms with E-state index in [0.29, 0.717) is 41.3 Å². The number of rotatable bonds is 9. The molecule has 1 saturated carbocycles. The Kier molecular flexibility index (Phi) is 7.69. The fourth-order valence-electron chi connectivity index (χ4n) is 5.46. The summed E-state index contributed by atoms with van der Waals surface area (Å²) in [6, 6.07) is 9.19. The zero-order valence-corrected chi connectivity index (χ0v) is 23.0. The van der Waals surface area contributed by atoms with Gasteiger partial charge in [0, 0.05) is 36.3 Å². The summed E-state index contributed by atoms with van der Waals surface area (Å²) in [5.41, 5.74) is 3.14. The molecule has 0 saturated heterocycles. The molecule has 1 amide bonds. The zero-order chi connectivity index (χ0) is 29.2. The fourth-order valence-corrected chi connectivity index (χ4v) is 6.13. The number of carboxylic acids is 1. The number of pyridine rings is 1. The summed E-state index contributed by atoms with van der Waals surface area (Å²) in [4.78, 5) is 38.8. The predicted octanol–water partition coefficient (Wildman–Crippen LogP) is 5.00. The highest BCUT2D eigenvalue weighted by atomic mass is 32.1. The number of carboxylic acid groups (broad SMARTS) is 1. The minimum absolute atomic E-state index is 0.0102. The van der Waals surface area contributed by atoms with E-state index < -0.39 is 18.3 Å². The summed E-state index contributed by atoms with van der Waals surface area (Å²) in [5, 5.41) is 20.7.